The lowest BCUT2D eigenvalue weighted by Crippen LogP contribution is -2.44. The van der Waals surface area contributed by atoms with Crippen LogP contribution in [0, 0.1) is 6.92 Å². The molecule has 2 aromatic carbocycles. The van der Waals surface area contributed by atoms with Gasteiger partial charge in [0.05, 0.1) is 11.1 Å². The fourth-order valence-corrected chi connectivity index (χ4v) is 4.14. The Morgan fingerprint density at radius 3 is 2.64 bits per heavy atom. The molecule has 0 aromatic heterocycles. The van der Waals surface area contributed by atoms with Crippen molar-refractivity contribution in [2.75, 3.05) is 25.5 Å². The van der Waals surface area contributed by atoms with Crippen molar-refractivity contribution in [2.24, 2.45) is 0 Å². The molecule has 3 rings (SSSR count). The van der Waals surface area contributed by atoms with Crippen LogP contribution in [0.25, 0.3) is 0 Å². The van der Waals surface area contributed by atoms with E-state index in [1.165, 1.54) is 16.7 Å². The van der Waals surface area contributed by atoms with E-state index >= 15 is 0 Å². The summed E-state index contributed by atoms with van der Waals surface area (Å²) in [5.74, 6) is 0.614. The first-order valence-corrected chi connectivity index (χ1v) is 10.1. The van der Waals surface area contributed by atoms with Gasteiger partial charge in [0.25, 0.3) is 5.91 Å². The predicted octanol–water partition coefficient (Wildman–Crippen LogP) is 5.55. The van der Waals surface area contributed by atoms with Gasteiger partial charge in [0.15, 0.2) is 0 Å². The minimum absolute atomic E-state index is 0. The van der Waals surface area contributed by atoms with Crippen molar-refractivity contribution in [1.29, 1.82) is 0 Å². The number of nitrogens with zero attached hydrogens (tertiary/aromatic N) is 1. The maximum absolute atomic E-state index is 12.8. The first-order chi connectivity index (χ1) is 12.7. The zero-order valence-electron chi connectivity index (χ0n) is 17.1. The van der Waals surface area contributed by atoms with Crippen LogP contribution in [0.3, 0.4) is 0 Å². The molecule has 0 aliphatic carbocycles. The van der Waals surface area contributed by atoms with Gasteiger partial charge in [0, 0.05) is 23.3 Å². The summed E-state index contributed by atoms with van der Waals surface area (Å²) in [6.45, 7) is 10.2. The third kappa shape index (κ3) is 4.37. The standard InChI is InChI=1S/C22H27BrN2O2.ClH/c1-6-27-20-8-7-15(12-19(20)23)21(26)24-16-11-14(2)17-9-10-25(5)22(3,4)18(17)13-16;/h7-8,11-13H,6,9-10H2,1-5H3,(H,24,26);1H. The van der Waals surface area contributed by atoms with Gasteiger partial charge in [0.1, 0.15) is 5.75 Å². The minimum atomic E-state index is -0.125. The molecule has 0 bridgehead atoms. The van der Waals surface area contributed by atoms with E-state index < -0.39 is 0 Å². The number of hydrogen-bond donors (Lipinski definition) is 1. The number of likely N-dealkylation sites (N-methyl/N-ethyl adjacent to an activating group) is 1. The summed E-state index contributed by atoms with van der Waals surface area (Å²) in [6, 6.07) is 9.59. The number of amides is 1. The summed E-state index contributed by atoms with van der Waals surface area (Å²) in [7, 11) is 2.15. The van der Waals surface area contributed by atoms with E-state index in [0.717, 1.165) is 28.9 Å². The summed E-state index contributed by atoms with van der Waals surface area (Å²) in [5.41, 5.74) is 5.30. The molecule has 0 saturated heterocycles. The SMILES string of the molecule is CCOc1ccc(C(=O)Nc2cc(C)c3c(c2)C(C)(C)N(C)CC3)cc1Br.Cl. The van der Waals surface area contributed by atoms with Crippen LogP contribution in [0.2, 0.25) is 0 Å². The summed E-state index contributed by atoms with van der Waals surface area (Å²) in [5, 5.41) is 3.06. The van der Waals surface area contributed by atoms with Crippen molar-refractivity contribution in [3.05, 3.63) is 57.1 Å². The smallest absolute Gasteiger partial charge is 0.255 e. The zero-order chi connectivity index (χ0) is 19.8. The second-order valence-corrected chi connectivity index (χ2v) is 8.44. The van der Waals surface area contributed by atoms with Crippen molar-refractivity contribution in [3.8, 4) is 5.75 Å². The quantitative estimate of drug-likeness (QED) is 0.640. The molecular formula is C22H28BrClN2O2. The number of hydrogen-bond acceptors (Lipinski definition) is 3. The number of nitrogens with one attached hydrogen (secondary N) is 1. The number of carbonyl (C=O) groups is 1. The molecule has 1 aliphatic heterocycles. The highest BCUT2D eigenvalue weighted by atomic mass is 79.9. The molecule has 0 spiro atoms. The number of halogens is 2. The Bertz CT molecular complexity index is 883. The summed E-state index contributed by atoms with van der Waals surface area (Å²) in [4.78, 5) is 15.1. The number of ether oxygens (including phenoxy) is 1. The highest BCUT2D eigenvalue weighted by Crippen LogP contribution is 2.37. The fourth-order valence-electron chi connectivity index (χ4n) is 3.65. The van der Waals surface area contributed by atoms with Gasteiger partial charge in [0.2, 0.25) is 0 Å². The average Bonchev–Trinajstić information content (AvgIpc) is 2.60. The van der Waals surface area contributed by atoms with E-state index in [1.54, 1.807) is 12.1 Å². The molecule has 152 valence electrons. The molecule has 1 aliphatic rings. The monoisotopic (exact) mass is 466 g/mol. The highest BCUT2D eigenvalue weighted by molar-refractivity contribution is 9.10. The number of anilines is 1. The van der Waals surface area contributed by atoms with Crippen LogP contribution < -0.4 is 10.1 Å². The Labute approximate surface area is 182 Å². The van der Waals surface area contributed by atoms with Crippen LogP contribution in [0.1, 0.15) is 47.8 Å². The van der Waals surface area contributed by atoms with Crippen LogP contribution in [0.4, 0.5) is 5.69 Å². The summed E-state index contributed by atoms with van der Waals surface area (Å²) >= 11 is 3.47. The van der Waals surface area contributed by atoms with Crippen LogP contribution in [0.15, 0.2) is 34.8 Å². The molecule has 0 fully saturated rings. The number of aryl methyl sites for hydroxylation is 1. The van der Waals surface area contributed by atoms with E-state index in [4.69, 9.17) is 4.74 Å². The van der Waals surface area contributed by atoms with Crippen molar-refractivity contribution >= 4 is 39.9 Å². The average molecular weight is 468 g/mol. The third-order valence-corrected chi connectivity index (χ3v) is 6.16. The Kier molecular flexibility index (Phi) is 7.18. The van der Waals surface area contributed by atoms with E-state index in [-0.39, 0.29) is 23.9 Å². The maximum Gasteiger partial charge on any atom is 0.255 e. The van der Waals surface area contributed by atoms with Crippen molar-refractivity contribution < 1.29 is 9.53 Å². The molecule has 1 amide bonds. The predicted molar refractivity (Wildman–Crippen MR) is 121 cm³/mol. The lowest BCUT2D eigenvalue weighted by Gasteiger charge is -2.42. The van der Waals surface area contributed by atoms with Gasteiger partial charge in [-0.2, -0.15) is 0 Å². The molecular weight excluding hydrogens is 440 g/mol. The van der Waals surface area contributed by atoms with E-state index in [9.17, 15) is 4.79 Å². The molecule has 0 radical (unpaired) electrons. The van der Waals surface area contributed by atoms with Gasteiger partial charge in [-0.05, 0) is 104 Å². The van der Waals surface area contributed by atoms with Crippen molar-refractivity contribution in [1.82, 2.24) is 4.90 Å². The highest BCUT2D eigenvalue weighted by Gasteiger charge is 2.33. The first-order valence-electron chi connectivity index (χ1n) is 9.33. The normalized spacial score (nSPS) is 15.4. The molecule has 1 N–H and O–H groups in total. The Hall–Kier alpha value is -1.56. The molecule has 6 heteroatoms. The number of benzene rings is 2. The molecule has 4 nitrogen and oxygen atoms in total. The number of rotatable bonds is 4. The molecule has 28 heavy (non-hydrogen) atoms. The van der Waals surface area contributed by atoms with Gasteiger partial charge < -0.3 is 10.1 Å². The Balaban J connectivity index is 0.00000280. The summed E-state index contributed by atoms with van der Waals surface area (Å²) < 4.78 is 6.30. The topological polar surface area (TPSA) is 41.6 Å². The molecule has 0 unspecified atom stereocenters. The van der Waals surface area contributed by atoms with Crippen molar-refractivity contribution in [3.63, 3.8) is 0 Å². The van der Waals surface area contributed by atoms with Crippen LogP contribution >= 0.6 is 28.3 Å². The molecule has 1 heterocycles. The fraction of sp³-hybridized carbons (Fsp3) is 0.409. The summed E-state index contributed by atoms with van der Waals surface area (Å²) in [6.07, 6.45) is 1.04. The lowest BCUT2D eigenvalue weighted by atomic mass is 9.81. The largest absolute Gasteiger partial charge is 0.493 e. The minimum Gasteiger partial charge on any atom is -0.493 e. The second-order valence-electron chi connectivity index (χ2n) is 7.58. The maximum atomic E-state index is 12.8. The van der Waals surface area contributed by atoms with Gasteiger partial charge in [-0.1, -0.05) is 0 Å². The second kappa shape index (κ2) is 8.85. The van der Waals surface area contributed by atoms with Gasteiger partial charge in [-0.3, -0.25) is 9.69 Å². The molecule has 2 aromatic rings. The molecule has 0 atom stereocenters. The Morgan fingerprint density at radius 1 is 1.29 bits per heavy atom. The zero-order valence-corrected chi connectivity index (χ0v) is 19.5. The van der Waals surface area contributed by atoms with Gasteiger partial charge >= 0.3 is 0 Å². The molecule has 0 saturated carbocycles. The van der Waals surface area contributed by atoms with Gasteiger partial charge in [-0.25, -0.2) is 0 Å². The number of carbonyl (C=O) groups excluding carboxylic acids is 1. The van der Waals surface area contributed by atoms with Crippen molar-refractivity contribution in [2.45, 2.75) is 39.7 Å². The van der Waals surface area contributed by atoms with Crippen LogP contribution in [0.5, 0.6) is 5.75 Å². The van der Waals surface area contributed by atoms with Crippen LogP contribution in [-0.4, -0.2) is 31.0 Å². The lowest BCUT2D eigenvalue weighted by molar-refractivity contribution is 0.102. The van der Waals surface area contributed by atoms with E-state index in [0.29, 0.717) is 12.2 Å². The van der Waals surface area contributed by atoms with Gasteiger partial charge in [-0.15, -0.1) is 12.4 Å². The number of fused-ring (bicyclic) bond motifs is 1. The van der Waals surface area contributed by atoms with E-state index in [2.05, 4.69) is 66.1 Å². The first kappa shape index (κ1) is 22.7. The third-order valence-electron chi connectivity index (χ3n) is 5.54. The van der Waals surface area contributed by atoms with E-state index in [1.807, 2.05) is 13.0 Å². The Morgan fingerprint density at radius 2 is 2.00 bits per heavy atom. The van der Waals surface area contributed by atoms with Crippen LogP contribution in [-0.2, 0) is 12.0 Å².